The molecule has 13 rings (SSSR count). The predicted molar refractivity (Wildman–Crippen MR) is 276 cm³/mol. The third-order valence-electron chi connectivity index (χ3n) is 13.0. The number of hydrogen-bond donors (Lipinski definition) is 1. The number of allylic oxidation sites excluding steroid dienone is 1. The Bertz CT molecular complexity index is 3740. The van der Waals surface area contributed by atoms with E-state index in [0.29, 0.717) is 0 Å². The minimum absolute atomic E-state index is 0.0328. The largest absolute Gasteiger partial charge is 0.456 e. The molecule has 0 saturated heterocycles. The van der Waals surface area contributed by atoms with Gasteiger partial charge in [-0.2, -0.15) is 0 Å². The van der Waals surface area contributed by atoms with Crippen LogP contribution in [-0.4, -0.2) is 10.4 Å². The van der Waals surface area contributed by atoms with Crippen molar-refractivity contribution in [3.63, 3.8) is 0 Å². The zero-order valence-corrected chi connectivity index (χ0v) is 37.5. The first-order valence-corrected chi connectivity index (χ1v) is 24.2. The number of furan rings is 1. The third-order valence-corrected chi connectivity index (χ3v) is 15.5. The zero-order chi connectivity index (χ0) is 43.6. The number of amidine groups is 1. The number of hydrogen-bond acceptors (Lipinski definition) is 5. The first kappa shape index (κ1) is 38.9. The van der Waals surface area contributed by atoms with E-state index < -0.39 is 0 Å². The van der Waals surface area contributed by atoms with Crippen molar-refractivity contribution >= 4 is 78.8 Å². The second kappa shape index (κ2) is 16.2. The van der Waals surface area contributed by atoms with Gasteiger partial charge in [0, 0.05) is 58.1 Å². The van der Waals surface area contributed by atoms with Gasteiger partial charge in [-0.15, -0.1) is 0 Å². The molecule has 4 heterocycles. The van der Waals surface area contributed by atoms with Crippen molar-refractivity contribution in [3.8, 4) is 27.9 Å². The van der Waals surface area contributed by atoms with Crippen molar-refractivity contribution in [2.24, 2.45) is 4.99 Å². The molecule has 2 aliphatic rings. The molecule has 0 fully saturated rings. The molecule has 314 valence electrons. The summed E-state index contributed by atoms with van der Waals surface area (Å²) in [7, 11) is 0. The smallest absolute Gasteiger partial charge is 0.136 e. The first-order chi connectivity index (χ1) is 32.7. The van der Waals surface area contributed by atoms with Gasteiger partial charge in [0.2, 0.25) is 0 Å². The van der Waals surface area contributed by atoms with E-state index in [4.69, 9.17) is 9.41 Å². The number of para-hydroxylation sites is 1. The van der Waals surface area contributed by atoms with Gasteiger partial charge in [-0.25, -0.2) is 0 Å². The summed E-state index contributed by atoms with van der Waals surface area (Å²) in [6, 6.07) is 74.3. The maximum Gasteiger partial charge on any atom is 0.136 e. The van der Waals surface area contributed by atoms with Gasteiger partial charge in [0.1, 0.15) is 17.0 Å². The minimum Gasteiger partial charge on any atom is -0.456 e. The normalized spacial score (nSPS) is 14.9. The Morgan fingerprint density at radius 1 is 0.485 bits per heavy atom. The molecule has 11 aromatic rings. The minimum atomic E-state index is -0.0328. The summed E-state index contributed by atoms with van der Waals surface area (Å²) in [5.74, 6) is 0.877. The van der Waals surface area contributed by atoms with E-state index in [1.807, 2.05) is 23.5 Å². The molecule has 66 heavy (non-hydrogen) atoms. The fraction of sp³-hybridized carbons (Fsp3) is 0.0500. The second-order valence-electron chi connectivity index (χ2n) is 17.0. The van der Waals surface area contributed by atoms with Crippen molar-refractivity contribution in [1.82, 2.24) is 9.88 Å². The van der Waals surface area contributed by atoms with E-state index in [0.717, 1.165) is 79.8 Å². The molecule has 0 spiro atoms. The Morgan fingerprint density at radius 2 is 1.14 bits per heavy atom. The van der Waals surface area contributed by atoms with Crippen molar-refractivity contribution in [3.05, 3.63) is 229 Å². The number of aromatic nitrogens is 1. The molecule has 6 heteroatoms. The van der Waals surface area contributed by atoms with Crippen LogP contribution in [0.4, 0.5) is 0 Å². The van der Waals surface area contributed by atoms with E-state index >= 15 is 0 Å². The molecular formula is C60H41N3OS2. The summed E-state index contributed by atoms with van der Waals surface area (Å²) in [4.78, 5) is 10.7. The van der Waals surface area contributed by atoms with Crippen LogP contribution in [0.1, 0.15) is 35.6 Å². The molecule has 1 N–H and O–H groups in total. The Labute approximate surface area is 391 Å². The van der Waals surface area contributed by atoms with E-state index in [1.165, 1.54) is 52.5 Å². The van der Waals surface area contributed by atoms with Crippen LogP contribution in [0, 0.1) is 0 Å². The fourth-order valence-corrected chi connectivity index (χ4v) is 12.1. The number of nitrogens with one attached hydrogen (secondary N) is 1. The number of rotatable bonds is 6. The molecule has 0 bridgehead atoms. The summed E-state index contributed by atoms with van der Waals surface area (Å²) in [5.41, 5.74) is 14.5. The lowest BCUT2D eigenvalue weighted by atomic mass is 9.93. The Kier molecular flexibility index (Phi) is 9.54. The van der Waals surface area contributed by atoms with Crippen LogP contribution in [0.15, 0.2) is 241 Å². The monoisotopic (exact) mass is 883 g/mol. The van der Waals surface area contributed by atoms with Crippen LogP contribution in [0.25, 0.3) is 77.4 Å². The van der Waals surface area contributed by atoms with Crippen LogP contribution >= 0.6 is 23.5 Å². The molecule has 2 aliphatic heterocycles. The van der Waals surface area contributed by atoms with Gasteiger partial charge in [-0.05, 0) is 119 Å². The van der Waals surface area contributed by atoms with Gasteiger partial charge in [0.15, 0.2) is 0 Å². The highest BCUT2D eigenvalue weighted by Gasteiger charge is 2.23. The maximum atomic E-state index is 6.61. The van der Waals surface area contributed by atoms with Crippen molar-refractivity contribution in [2.75, 3.05) is 0 Å². The average Bonchev–Trinajstić information content (AvgIpc) is 3.90. The number of nitrogens with zero attached hydrogens (tertiary/aromatic N) is 2. The molecular weight excluding hydrogens is 843 g/mol. The topological polar surface area (TPSA) is 42.5 Å². The van der Waals surface area contributed by atoms with E-state index in [-0.39, 0.29) is 6.04 Å². The SMILES string of the molecule is C1=C(c2ccccc2)NC(c2ccccc2)=NC(c2cccc(-c3cccc4oc5ccc(-c6ccc7c(c6)c6cc8c(cc6n7-c6ccccc6)Sc6ccccc6S8)cc5c34)c2)CC1. The van der Waals surface area contributed by atoms with Crippen molar-refractivity contribution in [2.45, 2.75) is 38.5 Å². The molecule has 0 amide bonds. The average molecular weight is 884 g/mol. The lowest BCUT2D eigenvalue weighted by molar-refractivity contribution is 0.657. The molecule has 1 atom stereocenters. The highest BCUT2D eigenvalue weighted by Crippen LogP contribution is 2.51. The third kappa shape index (κ3) is 6.84. The maximum absolute atomic E-state index is 6.61. The van der Waals surface area contributed by atoms with Gasteiger partial charge in [0.05, 0.1) is 17.1 Å². The summed E-state index contributed by atoms with van der Waals surface area (Å²) >= 11 is 3.74. The van der Waals surface area contributed by atoms with Gasteiger partial charge in [-0.1, -0.05) is 163 Å². The lowest BCUT2D eigenvalue weighted by Crippen LogP contribution is -2.25. The van der Waals surface area contributed by atoms with Crippen LogP contribution in [0.3, 0.4) is 0 Å². The van der Waals surface area contributed by atoms with E-state index in [2.05, 4.69) is 222 Å². The number of fused-ring (bicyclic) bond motifs is 8. The molecule has 2 aromatic heterocycles. The van der Waals surface area contributed by atoms with Crippen molar-refractivity contribution < 1.29 is 4.42 Å². The van der Waals surface area contributed by atoms with Crippen LogP contribution < -0.4 is 5.32 Å². The quantitative estimate of drug-likeness (QED) is 0.181. The highest BCUT2D eigenvalue weighted by molar-refractivity contribution is 8.05. The van der Waals surface area contributed by atoms with E-state index in [1.54, 1.807) is 0 Å². The van der Waals surface area contributed by atoms with Crippen LogP contribution in [0.5, 0.6) is 0 Å². The second-order valence-corrected chi connectivity index (χ2v) is 19.2. The Morgan fingerprint density at radius 3 is 1.92 bits per heavy atom. The summed E-state index contributed by atoms with van der Waals surface area (Å²) in [6.07, 6.45) is 4.11. The zero-order valence-electron chi connectivity index (χ0n) is 35.8. The van der Waals surface area contributed by atoms with Crippen LogP contribution in [0.2, 0.25) is 0 Å². The molecule has 4 nitrogen and oxygen atoms in total. The van der Waals surface area contributed by atoms with Gasteiger partial charge in [0.25, 0.3) is 0 Å². The molecule has 0 radical (unpaired) electrons. The Balaban J connectivity index is 0.902. The number of aliphatic imine (C=N–C) groups is 1. The Hall–Kier alpha value is -7.51. The standard InChI is InChI=1S/C60H41N3OS2/c1-4-15-38(16-5-1)49-24-14-25-50(62-60(61-49)39-17-6-2-7-18-39)43-20-12-19-42(33-43)45-23-13-26-54-59(45)48-35-41(30-32-53(48)64-54)40-29-31-51-46(34-40)47-36-57-58(66-56-28-11-10-27-55(56)65-57)37-52(47)63(51)44-21-8-3-9-22-44/h1-13,15-24,26-37,50H,14,25H2,(H,61,62). The van der Waals surface area contributed by atoms with Gasteiger partial charge < -0.3 is 14.3 Å². The number of benzene rings is 9. The summed E-state index contributed by atoms with van der Waals surface area (Å²) < 4.78 is 9.03. The van der Waals surface area contributed by atoms with Gasteiger partial charge in [-0.3, -0.25) is 4.99 Å². The first-order valence-electron chi connectivity index (χ1n) is 22.5. The van der Waals surface area contributed by atoms with Crippen LogP contribution in [-0.2, 0) is 0 Å². The highest BCUT2D eigenvalue weighted by atomic mass is 32.2. The molecule has 1 unspecified atom stereocenters. The predicted octanol–water partition coefficient (Wildman–Crippen LogP) is 16.5. The molecule has 0 saturated carbocycles. The summed E-state index contributed by atoms with van der Waals surface area (Å²) in [6.45, 7) is 0. The van der Waals surface area contributed by atoms with E-state index in [9.17, 15) is 0 Å². The molecule has 9 aromatic carbocycles. The summed E-state index contributed by atoms with van der Waals surface area (Å²) in [5, 5.41) is 8.46. The molecule has 0 aliphatic carbocycles. The fourth-order valence-electron chi connectivity index (χ4n) is 9.85. The lowest BCUT2D eigenvalue weighted by Gasteiger charge is -2.22. The van der Waals surface area contributed by atoms with Crippen molar-refractivity contribution in [1.29, 1.82) is 0 Å². The van der Waals surface area contributed by atoms with Gasteiger partial charge >= 0.3 is 0 Å².